The third-order valence-corrected chi connectivity index (χ3v) is 4.14. The fourth-order valence-electron chi connectivity index (χ4n) is 2.77. The predicted octanol–water partition coefficient (Wildman–Crippen LogP) is 4.00. The molecule has 0 aliphatic rings. The summed E-state index contributed by atoms with van der Waals surface area (Å²) in [6.07, 6.45) is 0.987. The molecule has 0 radical (unpaired) electrons. The molecule has 134 valence electrons. The molecule has 0 aliphatic heterocycles. The Morgan fingerprint density at radius 2 is 1.81 bits per heavy atom. The van der Waals surface area contributed by atoms with Crippen LogP contribution in [-0.4, -0.2) is 30.2 Å². The topological polar surface area (TPSA) is 77.5 Å². The van der Waals surface area contributed by atoms with Crippen molar-refractivity contribution in [2.24, 2.45) is 0 Å². The van der Waals surface area contributed by atoms with E-state index in [4.69, 9.17) is 0 Å². The van der Waals surface area contributed by atoms with Crippen molar-refractivity contribution in [2.45, 2.75) is 13.0 Å². The number of hydrogen-bond acceptors (Lipinski definition) is 4. The van der Waals surface area contributed by atoms with Gasteiger partial charge in [0.1, 0.15) is 0 Å². The maximum atomic E-state index is 12.4. The summed E-state index contributed by atoms with van der Waals surface area (Å²) >= 11 is 0. The number of carbonyl (C=O) groups is 1. The van der Waals surface area contributed by atoms with Gasteiger partial charge in [0.2, 0.25) is 0 Å². The van der Waals surface area contributed by atoms with Gasteiger partial charge in [0.15, 0.2) is 0 Å². The molecular formula is C20H22N4O2. The Morgan fingerprint density at radius 1 is 1.08 bits per heavy atom. The first-order valence-corrected chi connectivity index (χ1v) is 8.37. The van der Waals surface area contributed by atoms with Gasteiger partial charge in [-0.05, 0) is 37.3 Å². The maximum Gasteiger partial charge on any atom is 0.323 e. The Kier molecular flexibility index (Phi) is 5.04. The smallest absolute Gasteiger partial charge is 0.323 e. The highest BCUT2D eigenvalue weighted by Gasteiger charge is 2.11. The lowest BCUT2D eigenvalue weighted by Crippen LogP contribution is -2.19. The van der Waals surface area contributed by atoms with Gasteiger partial charge in [-0.25, -0.2) is 4.79 Å². The van der Waals surface area contributed by atoms with Gasteiger partial charge < -0.3 is 20.6 Å². The van der Waals surface area contributed by atoms with Crippen molar-refractivity contribution in [3.63, 3.8) is 0 Å². The number of pyridine rings is 1. The van der Waals surface area contributed by atoms with Crippen LogP contribution in [0.4, 0.5) is 21.9 Å². The Morgan fingerprint density at radius 3 is 2.46 bits per heavy atom. The molecule has 0 saturated carbocycles. The Labute approximate surface area is 152 Å². The van der Waals surface area contributed by atoms with Crippen LogP contribution in [0.5, 0.6) is 0 Å². The first-order valence-electron chi connectivity index (χ1n) is 8.37. The second-order valence-electron chi connectivity index (χ2n) is 6.30. The molecule has 3 rings (SSSR count). The average Bonchev–Trinajstić information content (AvgIpc) is 2.61. The lowest BCUT2D eigenvalue weighted by Gasteiger charge is -2.14. The van der Waals surface area contributed by atoms with Gasteiger partial charge in [-0.15, -0.1) is 0 Å². The molecule has 1 aromatic heterocycles. The van der Waals surface area contributed by atoms with E-state index >= 15 is 0 Å². The minimum absolute atomic E-state index is 0.336. The van der Waals surface area contributed by atoms with Crippen LogP contribution in [0.2, 0.25) is 0 Å². The number of rotatable bonds is 4. The van der Waals surface area contributed by atoms with Gasteiger partial charge in [0.05, 0.1) is 17.3 Å². The fraction of sp³-hybridized carbons (Fsp3) is 0.200. The van der Waals surface area contributed by atoms with E-state index in [1.807, 2.05) is 61.5 Å². The third kappa shape index (κ3) is 3.75. The third-order valence-electron chi connectivity index (χ3n) is 4.14. The number of benzene rings is 2. The standard InChI is InChI=1S/C20H22N4O2/c1-13(25)16-5-4-6-17-18(11-12-21-19(16)17)23-20(26)22-14-7-9-15(10-8-14)24(2)3/h4-13,25H,1-3H3,(H2,21,22,23,26). The minimum Gasteiger partial charge on any atom is -0.389 e. The molecule has 3 N–H and O–H groups in total. The molecule has 0 spiro atoms. The number of urea groups is 1. The van der Waals surface area contributed by atoms with Crippen LogP contribution in [-0.2, 0) is 0 Å². The molecular weight excluding hydrogens is 328 g/mol. The summed E-state index contributed by atoms with van der Waals surface area (Å²) in [4.78, 5) is 18.7. The minimum atomic E-state index is -0.634. The maximum absolute atomic E-state index is 12.4. The number of nitrogens with one attached hydrogen (secondary N) is 2. The van der Waals surface area contributed by atoms with Crippen molar-refractivity contribution in [2.75, 3.05) is 29.6 Å². The number of aromatic nitrogens is 1. The van der Waals surface area contributed by atoms with Gasteiger partial charge in [0.25, 0.3) is 0 Å². The number of amides is 2. The SMILES string of the molecule is CC(O)c1cccc2c(NC(=O)Nc3ccc(N(C)C)cc3)ccnc12. The molecule has 1 atom stereocenters. The zero-order chi connectivity index (χ0) is 18.7. The van der Waals surface area contributed by atoms with Crippen molar-refractivity contribution in [3.8, 4) is 0 Å². The molecule has 1 heterocycles. The van der Waals surface area contributed by atoms with E-state index in [2.05, 4.69) is 15.6 Å². The quantitative estimate of drug-likeness (QED) is 0.665. The number of nitrogens with zero attached hydrogens (tertiary/aromatic N) is 2. The highest BCUT2D eigenvalue weighted by atomic mass is 16.3. The van der Waals surface area contributed by atoms with Crippen LogP contribution < -0.4 is 15.5 Å². The molecule has 0 saturated heterocycles. The molecule has 2 aromatic carbocycles. The van der Waals surface area contributed by atoms with Crippen molar-refractivity contribution >= 4 is 34.0 Å². The van der Waals surface area contributed by atoms with Gasteiger partial charge in [-0.1, -0.05) is 18.2 Å². The molecule has 0 aliphatic carbocycles. The number of fused-ring (bicyclic) bond motifs is 1. The first-order chi connectivity index (χ1) is 12.5. The number of carbonyl (C=O) groups excluding carboxylic acids is 1. The van der Waals surface area contributed by atoms with Gasteiger partial charge in [0, 0.05) is 42.6 Å². The normalized spacial score (nSPS) is 11.8. The van der Waals surface area contributed by atoms with Crippen LogP contribution in [0.15, 0.2) is 54.7 Å². The van der Waals surface area contributed by atoms with E-state index in [-0.39, 0.29) is 6.03 Å². The molecule has 2 amide bonds. The van der Waals surface area contributed by atoms with E-state index in [0.29, 0.717) is 16.9 Å². The van der Waals surface area contributed by atoms with E-state index in [1.165, 1.54) is 0 Å². The van der Waals surface area contributed by atoms with Crippen molar-refractivity contribution in [1.82, 2.24) is 4.98 Å². The second-order valence-corrected chi connectivity index (χ2v) is 6.30. The zero-order valence-electron chi connectivity index (χ0n) is 15.0. The van der Waals surface area contributed by atoms with Gasteiger partial charge in [-0.2, -0.15) is 0 Å². The van der Waals surface area contributed by atoms with Crippen LogP contribution in [0.25, 0.3) is 10.9 Å². The number of aliphatic hydroxyl groups excluding tert-OH is 1. The van der Waals surface area contributed by atoms with E-state index in [1.54, 1.807) is 19.2 Å². The highest BCUT2D eigenvalue weighted by Crippen LogP contribution is 2.27. The van der Waals surface area contributed by atoms with Crippen LogP contribution in [0.3, 0.4) is 0 Å². The summed E-state index contributed by atoms with van der Waals surface area (Å²) in [7, 11) is 3.93. The lowest BCUT2D eigenvalue weighted by atomic mass is 10.0. The number of para-hydroxylation sites is 1. The van der Waals surface area contributed by atoms with Crippen LogP contribution in [0.1, 0.15) is 18.6 Å². The van der Waals surface area contributed by atoms with Crippen molar-refractivity contribution in [1.29, 1.82) is 0 Å². The fourth-order valence-corrected chi connectivity index (χ4v) is 2.77. The number of aliphatic hydroxyl groups is 1. The summed E-state index contributed by atoms with van der Waals surface area (Å²) < 4.78 is 0. The predicted molar refractivity (Wildman–Crippen MR) is 106 cm³/mol. The van der Waals surface area contributed by atoms with Crippen molar-refractivity contribution in [3.05, 3.63) is 60.3 Å². The molecule has 0 fully saturated rings. The number of anilines is 3. The number of hydrogen-bond donors (Lipinski definition) is 3. The van der Waals surface area contributed by atoms with Crippen LogP contribution in [0, 0.1) is 0 Å². The van der Waals surface area contributed by atoms with E-state index in [0.717, 1.165) is 16.6 Å². The molecule has 1 unspecified atom stereocenters. The van der Waals surface area contributed by atoms with Gasteiger partial charge in [-0.3, -0.25) is 4.98 Å². The summed E-state index contributed by atoms with van der Waals surface area (Å²) in [5.74, 6) is 0. The van der Waals surface area contributed by atoms with E-state index in [9.17, 15) is 9.90 Å². The van der Waals surface area contributed by atoms with Gasteiger partial charge >= 0.3 is 6.03 Å². The van der Waals surface area contributed by atoms with Crippen LogP contribution >= 0.6 is 0 Å². The Hall–Kier alpha value is -3.12. The summed E-state index contributed by atoms with van der Waals surface area (Å²) in [5, 5.41) is 16.4. The van der Waals surface area contributed by atoms with Crippen molar-refractivity contribution < 1.29 is 9.90 Å². The first kappa shape index (κ1) is 17.7. The largest absolute Gasteiger partial charge is 0.389 e. The van der Waals surface area contributed by atoms with E-state index < -0.39 is 6.10 Å². The lowest BCUT2D eigenvalue weighted by molar-refractivity contribution is 0.200. The highest BCUT2D eigenvalue weighted by molar-refractivity contribution is 6.05. The molecule has 6 nitrogen and oxygen atoms in total. The molecule has 26 heavy (non-hydrogen) atoms. The Balaban J connectivity index is 1.80. The summed E-state index contributed by atoms with van der Waals surface area (Å²) in [6.45, 7) is 1.70. The molecule has 0 bridgehead atoms. The average molecular weight is 350 g/mol. The second kappa shape index (κ2) is 7.41. The Bertz CT molecular complexity index is 921. The molecule has 3 aromatic rings. The molecule has 6 heteroatoms. The zero-order valence-corrected chi connectivity index (χ0v) is 15.0. The monoisotopic (exact) mass is 350 g/mol. The summed E-state index contributed by atoms with van der Waals surface area (Å²) in [6, 6.07) is 14.5. The summed E-state index contributed by atoms with van der Waals surface area (Å²) in [5.41, 5.74) is 3.80.